The third-order valence-electron chi connectivity index (χ3n) is 4.33. The molecule has 1 aromatic carbocycles. The standard InChI is InChI=1S/C17H19NO5/c1-10(19)18-7-6-11-8-12(4-5-13(11)18)15(20)23-14-16(21)22-9-17(14,2)3/h4-5,8,14H,6-7,9H2,1-3H3/t14-/m0/s1. The van der Waals surface area contributed by atoms with Crippen molar-refractivity contribution in [1.29, 1.82) is 0 Å². The summed E-state index contributed by atoms with van der Waals surface area (Å²) in [6.07, 6.45) is -0.190. The molecular weight excluding hydrogens is 298 g/mol. The molecule has 0 bridgehead atoms. The number of fused-ring (bicyclic) bond motifs is 1. The van der Waals surface area contributed by atoms with Gasteiger partial charge in [0.1, 0.15) is 6.61 Å². The molecule has 0 unspecified atom stereocenters. The quantitative estimate of drug-likeness (QED) is 0.776. The van der Waals surface area contributed by atoms with Crippen LogP contribution in [0.4, 0.5) is 5.69 Å². The second-order valence-electron chi connectivity index (χ2n) is 6.65. The second kappa shape index (κ2) is 5.37. The maximum absolute atomic E-state index is 12.3. The average Bonchev–Trinajstić information content (AvgIpc) is 3.02. The molecule has 0 saturated carbocycles. The zero-order chi connectivity index (χ0) is 16.8. The minimum absolute atomic E-state index is 0.0190. The highest BCUT2D eigenvalue weighted by Gasteiger charge is 2.46. The minimum atomic E-state index is -0.892. The zero-order valence-electron chi connectivity index (χ0n) is 13.4. The van der Waals surface area contributed by atoms with Crippen LogP contribution in [0.25, 0.3) is 0 Å². The number of amides is 1. The lowest BCUT2D eigenvalue weighted by molar-refractivity contribution is -0.145. The molecule has 6 nitrogen and oxygen atoms in total. The minimum Gasteiger partial charge on any atom is -0.462 e. The number of anilines is 1. The molecule has 3 rings (SSSR count). The molecule has 0 aromatic heterocycles. The molecule has 1 saturated heterocycles. The first kappa shape index (κ1) is 15.5. The Morgan fingerprint density at radius 3 is 2.70 bits per heavy atom. The van der Waals surface area contributed by atoms with E-state index in [0.717, 1.165) is 11.3 Å². The first-order chi connectivity index (χ1) is 10.8. The Bertz CT molecular complexity index is 694. The number of hydrogen-bond donors (Lipinski definition) is 0. The van der Waals surface area contributed by atoms with Crippen LogP contribution in [0.3, 0.4) is 0 Å². The van der Waals surface area contributed by atoms with Crippen molar-refractivity contribution >= 4 is 23.5 Å². The smallest absolute Gasteiger partial charge is 0.348 e. The molecule has 2 aliphatic heterocycles. The summed E-state index contributed by atoms with van der Waals surface area (Å²) in [7, 11) is 0. The average molecular weight is 317 g/mol. The van der Waals surface area contributed by atoms with Crippen molar-refractivity contribution < 1.29 is 23.9 Å². The second-order valence-corrected chi connectivity index (χ2v) is 6.65. The van der Waals surface area contributed by atoms with Crippen LogP contribution in [0.5, 0.6) is 0 Å². The maximum atomic E-state index is 12.3. The lowest BCUT2D eigenvalue weighted by atomic mass is 9.90. The van der Waals surface area contributed by atoms with Crippen LogP contribution >= 0.6 is 0 Å². The van der Waals surface area contributed by atoms with Gasteiger partial charge in [0.25, 0.3) is 0 Å². The van der Waals surface area contributed by atoms with Gasteiger partial charge in [0.05, 0.1) is 5.56 Å². The Labute approximate surface area is 134 Å². The molecule has 0 radical (unpaired) electrons. The molecule has 0 aliphatic carbocycles. The van der Waals surface area contributed by atoms with Gasteiger partial charge < -0.3 is 14.4 Å². The van der Waals surface area contributed by atoms with Gasteiger partial charge in [-0.05, 0) is 30.2 Å². The number of hydrogen-bond acceptors (Lipinski definition) is 5. The summed E-state index contributed by atoms with van der Waals surface area (Å²) >= 11 is 0. The lowest BCUT2D eigenvalue weighted by Gasteiger charge is -2.21. The van der Waals surface area contributed by atoms with E-state index in [4.69, 9.17) is 9.47 Å². The van der Waals surface area contributed by atoms with Gasteiger partial charge in [-0.25, -0.2) is 9.59 Å². The van der Waals surface area contributed by atoms with E-state index >= 15 is 0 Å². The van der Waals surface area contributed by atoms with E-state index < -0.39 is 23.5 Å². The fourth-order valence-corrected chi connectivity index (χ4v) is 2.97. The first-order valence-electron chi connectivity index (χ1n) is 7.58. The van der Waals surface area contributed by atoms with Crippen LogP contribution in [-0.2, 0) is 25.5 Å². The summed E-state index contributed by atoms with van der Waals surface area (Å²) in [5, 5.41) is 0. The zero-order valence-corrected chi connectivity index (χ0v) is 13.4. The molecule has 1 fully saturated rings. The monoisotopic (exact) mass is 317 g/mol. The van der Waals surface area contributed by atoms with Gasteiger partial charge in [0.15, 0.2) is 0 Å². The first-order valence-corrected chi connectivity index (χ1v) is 7.58. The van der Waals surface area contributed by atoms with E-state index in [0.29, 0.717) is 18.5 Å². The predicted octanol–water partition coefficient (Wildman–Crippen LogP) is 1.70. The molecule has 122 valence electrons. The summed E-state index contributed by atoms with van der Waals surface area (Å²) in [6.45, 7) is 6.02. The molecule has 1 aromatic rings. The SMILES string of the molecule is CC(=O)N1CCc2cc(C(=O)O[C@H]3C(=O)OCC3(C)C)ccc21. The Hall–Kier alpha value is -2.37. The highest BCUT2D eigenvalue weighted by Crippen LogP contribution is 2.33. The van der Waals surface area contributed by atoms with Gasteiger partial charge in [-0.15, -0.1) is 0 Å². The number of carbonyl (C=O) groups excluding carboxylic acids is 3. The van der Waals surface area contributed by atoms with Crippen LogP contribution < -0.4 is 4.90 Å². The molecule has 2 aliphatic rings. The molecule has 1 amide bonds. The molecule has 0 spiro atoms. The van der Waals surface area contributed by atoms with E-state index in [9.17, 15) is 14.4 Å². The Morgan fingerprint density at radius 1 is 1.35 bits per heavy atom. The maximum Gasteiger partial charge on any atom is 0.348 e. The van der Waals surface area contributed by atoms with E-state index in [1.807, 2.05) is 13.8 Å². The number of cyclic esters (lactones) is 1. The van der Waals surface area contributed by atoms with Crippen molar-refractivity contribution in [1.82, 2.24) is 0 Å². The topological polar surface area (TPSA) is 72.9 Å². The normalized spacial score (nSPS) is 21.8. The number of benzene rings is 1. The van der Waals surface area contributed by atoms with Gasteiger partial charge in [-0.3, -0.25) is 4.79 Å². The predicted molar refractivity (Wildman–Crippen MR) is 82.1 cm³/mol. The molecule has 0 N–H and O–H groups in total. The molecule has 1 atom stereocenters. The number of rotatable bonds is 2. The highest BCUT2D eigenvalue weighted by atomic mass is 16.6. The van der Waals surface area contributed by atoms with Crippen LogP contribution in [0.1, 0.15) is 36.7 Å². The Balaban J connectivity index is 1.79. The molecule has 6 heteroatoms. The third-order valence-corrected chi connectivity index (χ3v) is 4.33. The number of ether oxygens (including phenoxy) is 2. The van der Waals surface area contributed by atoms with E-state index in [1.54, 1.807) is 23.1 Å². The fraction of sp³-hybridized carbons (Fsp3) is 0.471. The van der Waals surface area contributed by atoms with Crippen LogP contribution in [0.15, 0.2) is 18.2 Å². The van der Waals surface area contributed by atoms with Crippen LogP contribution in [0, 0.1) is 5.41 Å². The molecular formula is C17H19NO5. The van der Waals surface area contributed by atoms with Crippen molar-refractivity contribution in [2.75, 3.05) is 18.1 Å². The van der Waals surface area contributed by atoms with Crippen LogP contribution in [-0.4, -0.2) is 37.1 Å². The van der Waals surface area contributed by atoms with Crippen LogP contribution in [0.2, 0.25) is 0 Å². The molecule has 23 heavy (non-hydrogen) atoms. The fourth-order valence-electron chi connectivity index (χ4n) is 2.97. The van der Waals surface area contributed by atoms with Crippen molar-refractivity contribution in [3.05, 3.63) is 29.3 Å². The van der Waals surface area contributed by atoms with Crippen molar-refractivity contribution in [2.45, 2.75) is 33.3 Å². The van der Waals surface area contributed by atoms with E-state index in [-0.39, 0.29) is 12.5 Å². The van der Waals surface area contributed by atoms with Gasteiger partial charge in [0, 0.05) is 24.6 Å². The van der Waals surface area contributed by atoms with Crippen molar-refractivity contribution in [2.24, 2.45) is 5.41 Å². The third kappa shape index (κ3) is 2.69. The summed E-state index contributed by atoms with van der Waals surface area (Å²) in [5.41, 5.74) is 1.61. The summed E-state index contributed by atoms with van der Waals surface area (Å²) in [4.78, 5) is 37.3. The van der Waals surface area contributed by atoms with E-state index in [1.165, 1.54) is 6.92 Å². The number of esters is 2. The van der Waals surface area contributed by atoms with Crippen molar-refractivity contribution in [3.8, 4) is 0 Å². The Morgan fingerprint density at radius 2 is 2.09 bits per heavy atom. The Kier molecular flexibility index (Phi) is 3.62. The highest BCUT2D eigenvalue weighted by molar-refractivity contribution is 5.96. The van der Waals surface area contributed by atoms with Gasteiger partial charge in [-0.1, -0.05) is 13.8 Å². The van der Waals surface area contributed by atoms with E-state index in [2.05, 4.69) is 0 Å². The summed E-state index contributed by atoms with van der Waals surface area (Å²) < 4.78 is 10.3. The lowest BCUT2D eigenvalue weighted by Crippen LogP contribution is -2.34. The van der Waals surface area contributed by atoms with Gasteiger partial charge >= 0.3 is 11.9 Å². The van der Waals surface area contributed by atoms with Gasteiger partial charge in [-0.2, -0.15) is 0 Å². The number of carbonyl (C=O) groups is 3. The molecule has 2 heterocycles. The largest absolute Gasteiger partial charge is 0.462 e. The summed E-state index contributed by atoms with van der Waals surface area (Å²) in [6, 6.07) is 5.10. The van der Waals surface area contributed by atoms with Crippen molar-refractivity contribution in [3.63, 3.8) is 0 Å². The number of nitrogens with zero attached hydrogens (tertiary/aromatic N) is 1. The van der Waals surface area contributed by atoms with Gasteiger partial charge in [0.2, 0.25) is 12.0 Å². The summed E-state index contributed by atoms with van der Waals surface area (Å²) in [5.74, 6) is -1.08.